The predicted octanol–water partition coefficient (Wildman–Crippen LogP) is 2.74. The highest BCUT2D eigenvalue weighted by Gasteiger charge is 2.38. The van der Waals surface area contributed by atoms with Gasteiger partial charge in [0.25, 0.3) is 12.6 Å². The van der Waals surface area contributed by atoms with Gasteiger partial charge in [-0.05, 0) is 23.6 Å². The first-order valence-corrected chi connectivity index (χ1v) is 8.85. The number of ether oxygens (including phenoxy) is 4. The van der Waals surface area contributed by atoms with E-state index >= 15 is 0 Å². The molecule has 0 saturated carbocycles. The zero-order chi connectivity index (χ0) is 20.7. The summed E-state index contributed by atoms with van der Waals surface area (Å²) in [4.78, 5) is 47.2. The molecule has 2 aromatic carbocycles. The highest BCUT2D eigenvalue weighted by Crippen LogP contribution is 2.38. The standard InChI is InChI=1S/C21H16O8/c1-10(22)26-20-15-8-4-5-12(16(15)19(25)29-20)9-13-6-3-7-14-17(13)21(27-11(2)23)28-18(14)24/h3-8,20-21H,9H2,1-2H3. The van der Waals surface area contributed by atoms with E-state index in [-0.39, 0.29) is 6.42 Å². The Bertz CT molecular complexity index is 1050. The maximum Gasteiger partial charge on any atom is 0.342 e. The van der Waals surface area contributed by atoms with Crippen molar-refractivity contribution in [2.45, 2.75) is 32.8 Å². The number of cyclic esters (lactones) is 2. The molecule has 2 unspecified atom stereocenters. The molecule has 8 heteroatoms. The number of benzene rings is 2. The fourth-order valence-electron chi connectivity index (χ4n) is 3.55. The third-order valence-electron chi connectivity index (χ3n) is 4.65. The lowest BCUT2D eigenvalue weighted by molar-refractivity contribution is -0.166. The van der Waals surface area contributed by atoms with Crippen LogP contribution in [0.3, 0.4) is 0 Å². The normalized spacial score (nSPS) is 19.1. The Balaban J connectivity index is 1.73. The molecule has 0 aromatic heterocycles. The van der Waals surface area contributed by atoms with Gasteiger partial charge >= 0.3 is 23.9 Å². The summed E-state index contributed by atoms with van der Waals surface area (Å²) in [6.07, 6.45) is -1.97. The molecule has 0 amide bonds. The minimum Gasteiger partial charge on any atom is -0.421 e. The topological polar surface area (TPSA) is 105 Å². The Morgan fingerprint density at radius 1 is 0.862 bits per heavy atom. The molecule has 148 valence electrons. The Kier molecular flexibility index (Phi) is 4.54. The Morgan fingerprint density at radius 2 is 1.48 bits per heavy atom. The molecular formula is C21H16O8. The zero-order valence-corrected chi connectivity index (χ0v) is 15.6. The molecule has 4 rings (SSSR count). The fourth-order valence-corrected chi connectivity index (χ4v) is 3.55. The summed E-state index contributed by atoms with van der Waals surface area (Å²) >= 11 is 0. The summed E-state index contributed by atoms with van der Waals surface area (Å²) in [5, 5.41) is 0. The maximum atomic E-state index is 12.4. The van der Waals surface area contributed by atoms with Gasteiger partial charge in [0.15, 0.2) is 0 Å². The second-order valence-corrected chi connectivity index (χ2v) is 6.63. The van der Waals surface area contributed by atoms with Gasteiger partial charge in [0, 0.05) is 19.4 Å². The van der Waals surface area contributed by atoms with Crippen molar-refractivity contribution in [3.05, 3.63) is 69.8 Å². The molecule has 29 heavy (non-hydrogen) atoms. The molecule has 0 saturated heterocycles. The van der Waals surface area contributed by atoms with E-state index in [1.807, 2.05) is 0 Å². The molecule has 2 atom stereocenters. The number of rotatable bonds is 4. The average Bonchev–Trinajstić information content (AvgIpc) is 3.13. The number of carbonyl (C=O) groups excluding carboxylic acids is 4. The summed E-state index contributed by atoms with van der Waals surface area (Å²) < 4.78 is 20.5. The minimum atomic E-state index is -1.14. The van der Waals surface area contributed by atoms with E-state index in [1.54, 1.807) is 36.4 Å². The number of carbonyl (C=O) groups is 4. The SMILES string of the molecule is CC(=O)OC1OC(=O)c2c(Cc3cccc4c3C(OC(C)=O)OC4=O)cccc21. The second-order valence-electron chi connectivity index (χ2n) is 6.63. The van der Waals surface area contributed by atoms with Gasteiger partial charge in [-0.25, -0.2) is 9.59 Å². The summed E-state index contributed by atoms with van der Waals surface area (Å²) in [6, 6.07) is 10.2. The summed E-state index contributed by atoms with van der Waals surface area (Å²) in [5.41, 5.74) is 2.81. The van der Waals surface area contributed by atoms with Crippen molar-refractivity contribution in [1.82, 2.24) is 0 Å². The van der Waals surface area contributed by atoms with E-state index in [0.29, 0.717) is 33.4 Å². The smallest absolute Gasteiger partial charge is 0.342 e. The van der Waals surface area contributed by atoms with Gasteiger partial charge < -0.3 is 18.9 Å². The molecule has 0 aliphatic carbocycles. The van der Waals surface area contributed by atoms with Gasteiger partial charge in [0.05, 0.1) is 16.7 Å². The molecule has 2 aliphatic heterocycles. The van der Waals surface area contributed by atoms with Crippen LogP contribution in [0.2, 0.25) is 0 Å². The van der Waals surface area contributed by atoms with Gasteiger partial charge in [0.2, 0.25) is 0 Å². The van der Waals surface area contributed by atoms with Crippen LogP contribution in [-0.2, 0) is 35.0 Å². The van der Waals surface area contributed by atoms with Gasteiger partial charge in [-0.1, -0.05) is 30.3 Å². The molecule has 0 spiro atoms. The lowest BCUT2D eigenvalue weighted by atomic mass is 9.92. The first-order chi connectivity index (χ1) is 13.8. The van der Waals surface area contributed by atoms with Crippen molar-refractivity contribution in [3.8, 4) is 0 Å². The lowest BCUT2D eigenvalue weighted by Crippen LogP contribution is -2.10. The van der Waals surface area contributed by atoms with Crippen LogP contribution in [0.4, 0.5) is 0 Å². The van der Waals surface area contributed by atoms with E-state index in [4.69, 9.17) is 18.9 Å². The first-order valence-electron chi connectivity index (χ1n) is 8.85. The molecule has 2 aliphatic rings. The number of fused-ring (bicyclic) bond motifs is 2. The maximum absolute atomic E-state index is 12.4. The number of esters is 4. The van der Waals surface area contributed by atoms with E-state index in [9.17, 15) is 19.2 Å². The van der Waals surface area contributed by atoms with Crippen molar-refractivity contribution in [1.29, 1.82) is 0 Å². The van der Waals surface area contributed by atoms with Crippen LogP contribution in [0.5, 0.6) is 0 Å². The highest BCUT2D eigenvalue weighted by atomic mass is 16.7. The summed E-state index contributed by atoms with van der Waals surface area (Å²) in [7, 11) is 0. The van der Waals surface area contributed by atoms with E-state index in [0.717, 1.165) is 0 Å². The molecule has 0 N–H and O–H groups in total. The molecule has 2 aromatic rings. The molecule has 2 heterocycles. The van der Waals surface area contributed by atoms with Crippen LogP contribution in [-0.4, -0.2) is 23.9 Å². The van der Waals surface area contributed by atoms with Crippen molar-refractivity contribution in [2.24, 2.45) is 0 Å². The molecular weight excluding hydrogens is 380 g/mol. The van der Waals surface area contributed by atoms with Crippen LogP contribution in [0.15, 0.2) is 36.4 Å². The Hall–Kier alpha value is -3.68. The van der Waals surface area contributed by atoms with Crippen LogP contribution in [0.1, 0.15) is 69.4 Å². The lowest BCUT2D eigenvalue weighted by Gasteiger charge is -2.15. The summed E-state index contributed by atoms with van der Waals surface area (Å²) in [6.45, 7) is 2.46. The van der Waals surface area contributed by atoms with Crippen molar-refractivity contribution >= 4 is 23.9 Å². The first kappa shape index (κ1) is 18.7. The third-order valence-corrected chi connectivity index (χ3v) is 4.65. The monoisotopic (exact) mass is 396 g/mol. The highest BCUT2D eigenvalue weighted by molar-refractivity contribution is 5.96. The van der Waals surface area contributed by atoms with Gasteiger partial charge in [-0.2, -0.15) is 0 Å². The molecule has 8 nitrogen and oxygen atoms in total. The van der Waals surface area contributed by atoms with Crippen LogP contribution in [0.25, 0.3) is 0 Å². The Morgan fingerprint density at radius 3 is 2.21 bits per heavy atom. The van der Waals surface area contributed by atoms with Crippen molar-refractivity contribution in [2.75, 3.05) is 0 Å². The molecule has 0 bridgehead atoms. The van der Waals surface area contributed by atoms with Crippen molar-refractivity contribution < 1.29 is 38.1 Å². The number of hydrogen-bond acceptors (Lipinski definition) is 8. The van der Waals surface area contributed by atoms with Gasteiger partial charge in [0.1, 0.15) is 0 Å². The predicted molar refractivity (Wildman–Crippen MR) is 95.5 cm³/mol. The molecule has 0 fully saturated rings. The van der Waals surface area contributed by atoms with Gasteiger partial charge in [-0.15, -0.1) is 0 Å². The average molecular weight is 396 g/mol. The third kappa shape index (κ3) is 3.33. The molecule has 0 radical (unpaired) electrons. The van der Waals surface area contributed by atoms with Gasteiger partial charge in [-0.3, -0.25) is 9.59 Å². The second kappa shape index (κ2) is 7.05. The van der Waals surface area contributed by atoms with E-state index in [1.165, 1.54) is 13.8 Å². The minimum absolute atomic E-state index is 0.253. The quantitative estimate of drug-likeness (QED) is 0.727. The van der Waals surface area contributed by atoms with Crippen LogP contribution >= 0.6 is 0 Å². The van der Waals surface area contributed by atoms with E-state index in [2.05, 4.69) is 0 Å². The van der Waals surface area contributed by atoms with Crippen LogP contribution in [0, 0.1) is 0 Å². The van der Waals surface area contributed by atoms with Crippen LogP contribution < -0.4 is 0 Å². The largest absolute Gasteiger partial charge is 0.421 e. The number of hydrogen-bond donors (Lipinski definition) is 0. The fraction of sp³-hybridized carbons (Fsp3) is 0.238. The Labute approximate surface area is 165 Å². The van der Waals surface area contributed by atoms with Crippen molar-refractivity contribution in [3.63, 3.8) is 0 Å². The van der Waals surface area contributed by atoms with E-state index < -0.39 is 36.5 Å². The zero-order valence-electron chi connectivity index (χ0n) is 15.6. The summed E-state index contributed by atoms with van der Waals surface area (Å²) in [5.74, 6) is -2.33.